The summed E-state index contributed by atoms with van der Waals surface area (Å²) >= 11 is 0. The SMILES string of the molecule is Cc1cccc(N=c2oc3cc(O)ccc3cc2C(=O)NCC2CCCO2)c1. The second kappa shape index (κ2) is 7.86. The predicted molar refractivity (Wildman–Crippen MR) is 106 cm³/mol. The number of phenols is 1. The number of phenolic OH excluding ortho intramolecular Hbond substituents is 1. The Morgan fingerprint density at radius 3 is 2.93 bits per heavy atom. The van der Waals surface area contributed by atoms with E-state index >= 15 is 0 Å². The molecule has 144 valence electrons. The molecule has 1 aromatic heterocycles. The van der Waals surface area contributed by atoms with E-state index in [0.717, 1.165) is 25.0 Å². The number of nitrogens with one attached hydrogen (secondary N) is 1. The Hall–Kier alpha value is -3.12. The fourth-order valence-electron chi connectivity index (χ4n) is 3.27. The number of aryl methyl sites for hydroxylation is 1. The van der Waals surface area contributed by atoms with Crippen LogP contribution in [0.25, 0.3) is 11.0 Å². The minimum Gasteiger partial charge on any atom is -0.508 e. The Morgan fingerprint density at radius 2 is 2.14 bits per heavy atom. The van der Waals surface area contributed by atoms with Crippen LogP contribution in [-0.2, 0) is 4.74 Å². The lowest BCUT2D eigenvalue weighted by atomic mass is 10.1. The summed E-state index contributed by atoms with van der Waals surface area (Å²) < 4.78 is 11.5. The lowest BCUT2D eigenvalue weighted by molar-refractivity contribution is 0.0854. The van der Waals surface area contributed by atoms with Gasteiger partial charge in [0.2, 0.25) is 5.55 Å². The molecule has 2 aromatic carbocycles. The van der Waals surface area contributed by atoms with Crippen molar-refractivity contribution >= 4 is 22.6 Å². The van der Waals surface area contributed by atoms with E-state index < -0.39 is 0 Å². The second-order valence-electron chi connectivity index (χ2n) is 6.98. The van der Waals surface area contributed by atoms with Crippen LogP contribution in [0.5, 0.6) is 5.75 Å². The van der Waals surface area contributed by atoms with Gasteiger partial charge in [0.05, 0.1) is 11.8 Å². The number of nitrogens with zero attached hydrogens (tertiary/aromatic N) is 1. The van der Waals surface area contributed by atoms with Crippen molar-refractivity contribution in [1.29, 1.82) is 0 Å². The standard InChI is InChI=1S/C22H22N2O4/c1-14-4-2-5-16(10-14)24-22-19(21(26)23-13-18-6-3-9-27-18)11-15-7-8-17(25)12-20(15)28-22/h2,4-5,7-8,10-12,18,25H,3,6,9,13H2,1H3,(H,23,26). The molecule has 28 heavy (non-hydrogen) atoms. The highest BCUT2D eigenvalue weighted by molar-refractivity contribution is 5.96. The van der Waals surface area contributed by atoms with Gasteiger partial charge in [0.25, 0.3) is 5.91 Å². The smallest absolute Gasteiger partial charge is 0.256 e. The van der Waals surface area contributed by atoms with Crippen LogP contribution in [0.4, 0.5) is 5.69 Å². The van der Waals surface area contributed by atoms with Gasteiger partial charge in [-0.1, -0.05) is 12.1 Å². The monoisotopic (exact) mass is 378 g/mol. The molecule has 1 amide bonds. The normalized spacial score (nSPS) is 17.2. The largest absolute Gasteiger partial charge is 0.508 e. The van der Waals surface area contributed by atoms with Crippen molar-refractivity contribution in [3.8, 4) is 5.75 Å². The van der Waals surface area contributed by atoms with Crippen molar-refractivity contribution in [1.82, 2.24) is 5.32 Å². The van der Waals surface area contributed by atoms with E-state index in [4.69, 9.17) is 9.15 Å². The third-order valence-electron chi connectivity index (χ3n) is 4.73. The molecule has 2 N–H and O–H groups in total. The summed E-state index contributed by atoms with van der Waals surface area (Å²) in [6, 6.07) is 14.2. The maximum absolute atomic E-state index is 12.9. The summed E-state index contributed by atoms with van der Waals surface area (Å²) in [7, 11) is 0. The molecule has 0 saturated carbocycles. The van der Waals surface area contributed by atoms with Crippen LogP contribution in [0.3, 0.4) is 0 Å². The number of hydrogen-bond donors (Lipinski definition) is 2. The molecule has 3 aromatic rings. The second-order valence-corrected chi connectivity index (χ2v) is 6.98. The average molecular weight is 378 g/mol. The molecule has 4 rings (SSSR count). The molecule has 0 aliphatic carbocycles. The van der Waals surface area contributed by atoms with Crippen LogP contribution in [0.1, 0.15) is 28.8 Å². The third kappa shape index (κ3) is 4.07. The molecule has 0 bridgehead atoms. The topological polar surface area (TPSA) is 84.1 Å². The van der Waals surface area contributed by atoms with Crippen LogP contribution < -0.4 is 10.9 Å². The van der Waals surface area contributed by atoms with Crippen LogP contribution in [0, 0.1) is 6.92 Å². The van der Waals surface area contributed by atoms with Gasteiger partial charge >= 0.3 is 0 Å². The zero-order valence-electron chi connectivity index (χ0n) is 15.6. The molecule has 1 aliphatic rings. The Balaban J connectivity index is 1.76. The van der Waals surface area contributed by atoms with Crippen LogP contribution in [0.2, 0.25) is 0 Å². The quantitative estimate of drug-likeness (QED) is 0.727. The van der Waals surface area contributed by atoms with Crippen molar-refractivity contribution < 1.29 is 19.1 Å². The number of rotatable bonds is 4. The maximum Gasteiger partial charge on any atom is 0.256 e. The van der Waals surface area contributed by atoms with E-state index in [-0.39, 0.29) is 23.3 Å². The zero-order valence-corrected chi connectivity index (χ0v) is 15.6. The van der Waals surface area contributed by atoms with Gasteiger partial charge < -0.3 is 19.6 Å². The van der Waals surface area contributed by atoms with Gasteiger partial charge in [-0.05, 0) is 55.7 Å². The molecule has 1 fully saturated rings. The molecule has 2 heterocycles. The highest BCUT2D eigenvalue weighted by Crippen LogP contribution is 2.20. The molecule has 0 radical (unpaired) electrons. The fraction of sp³-hybridized carbons (Fsp3) is 0.273. The van der Waals surface area contributed by atoms with Gasteiger partial charge in [-0.15, -0.1) is 0 Å². The minimum atomic E-state index is -0.263. The van der Waals surface area contributed by atoms with Gasteiger partial charge in [-0.2, -0.15) is 0 Å². The summed E-state index contributed by atoms with van der Waals surface area (Å²) in [5.74, 6) is -0.172. The summed E-state index contributed by atoms with van der Waals surface area (Å²) in [6.45, 7) is 3.17. The zero-order chi connectivity index (χ0) is 19.5. The number of carbonyl (C=O) groups is 1. The summed E-state index contributed by atoms with van der Waals surface area (Å²) in [4.78, 5) is 17.4. The van der Waals surface area contributed by atoms with E-state index in [1.54, 1.807) is 18.2 Å². The maximum atomic E-state index is 12.9. The predicted octanol–water partition coefficient (Wildman–Crippen LogP) is 3.59. The fourth-order valence-corrected chi connectivity index (χ4v) is 3.27. The number of fused-ring (bicyclic) bond motifs is 1. The van der Waals surface area contributed by atoms with Crippen molar-refractivity contribution in [3.05, 3.63) is 65.2 Å². The first-order chi connectivity index (χ1) is 13.6. The number of aromatic hydroxyl groups is 1. The van der Waals surface area contributed by atoms with Crippen molar-refractivity contribution in [2.24, 2.45) is 4.99 Å². The summed E-state index contributed by atoms with van der Waals surface area (Å²) in [5, 5.41) is 13.4. The molecular weight excluding hydrogens is 356 g/mol. The van der Waals surface area contributed by atoms with E-state index in [2.05, 4.69) is 10.3 Å². The Morgan fingerprint density at radius 1 is 1.25 bits per heavy atom. The molecule has 6 nitrogen and oxygen atoms in total. The Kier molecular flexibility index (Phi) is 5.12. The highest BCUT2D eigenvalue weighted by atomic mass is 16.5. The number of ether oxygens (including phenoxy) is 1. The first kappa shape index (κ1) is 18.3. The lowest BCUT2D eigenvalue weighted by Gasteiger charge is -2.11. The number of benzene rings is 2. The molecule has 1 saturated heterocycles. The van der Waals surface area contributed by atoms with Crippen LogP contribution in [0.15, 0.2) is 57.9 Å². The van der Waals surface area contributed by atoms with E-state index in [9.17, 15) is 9.90 Å². The molecular formula is C22H22N2O4. The first-order valence-corrected chi connectivity index (χ1v) is 9.36. The molecule has 1 unspecified atom stereocenters. The first-order valence-electron chi connectivity index (χ1n) is 9.36. The van der Waals surface area contributed by atoms with Crippen molar-refractivity contribution in [2.75, 3.05) is 13.2 Å². The van der Waals surface area contributed by atoms with Gasteiger partial charge in [0.1, 0.15) is 16.9 Å². The van der Waals surface area contributed by atoms with Gasteiger partial charge in [-0.25, -0.2) is 4.99 Å². The summed E-state index contributed by atoms with van der Waals surface area (Å²) in [5.41, 5.74) is 2.76. The number of hydrogen-bond acceptors (Lipinski definition) is 5. The lowest BCUT2D eigenvalue weighted by Crippen LogP contribution is -2.34. The number of amides is 1. The van der Waals surface area contributed by atoms with Gasteiger partial charge in [-0.3, -0.25) is 4.79 Å². The van der Waals surface area contributed by atoms with E-state index in [1.165, 1.54) is 6.07 Å². The van der Waals surface area contributed by atoms with Gasteiger partial charge in [0.15, 0.2) is 0 Å². The van der Waals surface area contributed by atoms with Crippen molar-refractivity contribution in [2.45, 2.75) is 25.9 Å². The highest BCUT2D eigenvalue weighted by Gasteiger charge is 2.18. The number of carbonyl (C=O) groups excluding carboxylic acids is 1. The minimum absolute atomic E-state index is 0.0513. The van der Waals surface area contributed by atoms with E-state index in [0.29, 0.717) is 28.8 Å². The summed E-state index contributed by atoms with van der Waals surface area (Å²) in [6.07, 6.45) is 2.02. The third-order valence-corrected chi connectivity index (χ3v) is 4.73. The molecule has 1 aliphatic heterocycles. The van der Waals surface area contributed by atoms with E-state index in [1.807, 2.05) is 31.2 Å². The van der Waals surface area contributed by atoms with Crippen LogP contribution >= 0.6 is 0 Å². The van der Waals surface area contributed by atoms with Crippen LogP contribution in [-0.4, -0.2) is 30.3 Å². The Labute approximate surface area is 162 Å². The molecule has 1 atom stereocenters. The molecule has 0 spiro atoms. The van der Waals surface area contributed by atoms with Gasteiger partial charge in [0, 0.05) is 24.6 Å². The Bertz CT molecular complexity index is 1080. The average Bonchev–Trinajstić information content (AvgIpc) is 3.19. The molecule has 6 heteroatoms. The van der Waals surface area contributed by atoms with Crippen molar-refractivity contribution in [3.63, 3.8) is 0 Å².